The molecule has 0 atom stereocenters. The molecular formula is C11H18ClN. The number of hydrogen-bond donors (Lipinski definition) is 1. The molecule has 0 fully saturated rings. The van der Waals surface area contributed by atoms with E-state index in [0.717, 1.165) is 11.4 Å². The molecule has 1 nitrogen and oxygen atoms in total. The van der Waals surface area contributed by atoms with Crippen molar-refractivity contribution in [2.24, 2.45) is 5.41 Å². The summed E-state index contributed by atoms with van der Waals surface area (Å²) in [7, 11) is 0. The summed E-state index contributed by atoms with van der Waals surface area (Å²) in [6, 6.07) is 8.07. The average Bonchev–Trinajstić information content (AvgIpc) is 1.82. The third-order valence-electron chi connectivity index (χ3n) is 1.62. The van der Waals surface area contributed by atoms with E-state index in [2.05, 4.69) is 26.8 Å². The van der Waals surface area contributed by atoms with Crippen molar-refractivity contribution in [2.75, 3.05) is 0 Å². The molecule has 74 valence electrons. The highest BCUT2D eigenvalue weighted by atomic mass is 35.5. The molecule has 0 radical (unpaired) electrons. The molecule has 0 amide bonds. The van der Waals surface area contributed by atoms with Gasteiger partial charge in [0.1, 0.15) is 0 Å². The predicted octanol–water partition coefficient (Wildman–Crippen LogP) is 4.09. The second kappa shape index (κ2) is 4.64. The highest BCUT2D eigenvalue weighted by Gasteiger charge is 2.10. The van der Waals surface area contributed by atoms with Gasteiger partial charge in [-0.15, -0.1) is 0 Å². The molecule has 3 N–H and O–H groups in total. The zero-order valence-corrected chi connectivity index (χ0v) is 9.36. The molecule has 0 aliphatic heterocycles. The molecule has 13 heavy (non-hydrogen) atoms. The summed E-state index contributed by atoms with van der Waals surface area (Å²) in [5.41, 5.74) is 1.65. The number of rotatable bonds is 1. The molecular weight excluding hydrogens is 182 g/mol. The van der Waals surface area contributed by atoms with Crippen molar-refractivity contribution in [3.8, 4) is 0 Å². The van der Waals surface area contributed by atoms with Crippen LogP contribution in [0.5, 0.6) is 0 Å². The molecule has 0 saturated carbocycles. The third-order valence-corrected chi connectivity index (χ3v) is 1.86. The monoisotopic (exact) mass is 199 g/mol. The molecule has 0 heterocycles. The minimum Gasteiger partial charge on any atom is -0.344 e. The molecule has 0 aromatic heterocycles. The highest BCUT2D eigenvalue weighted by Crippen LogP contribution is 2.22. The molecule has 0 unspecified atom stereocenters. The lowest BCUT2D eigenvalue weighted by Gasteiger charge is -2.17. The molecule has 1 rings (SSSR count). The van der Waals surface area contributed by atoms with Crippen LogP contribution in [-0.4, -0.2) is 0 Å². The quantitative estimate of drug-likeness (QED) is 0.727. The lowest BCUT2D eigenvalue weighted by atomic mass is 9.88. The highest BCUT2D eigenvalue weighted by molar-refractivity contribution is 6.30. The molecule has 1 aromatic carbocycles. The summed E-state index contributed by atoms with van der Waals surface area (Å²) in [5.74, 6) is 0. The lowest BCUT2D eigenvalue weighted by molar-refractivity contribution is 0.411. The maximum Gasteiger partial charge on any atom is 0.0408 e. The minimum absolute atomic E-state index is 0. The van der Waals surface area contributed by atoms with Gasteiger partial charge in [0, 0.05) is 5.02 Å². The number of benzene rings is 1. The maximum absolute atomic E-state index is 5.87. The summed E-state index contributed by atoms with van der Waals surface area (Å²) >= 11 is 5.87. The van der Waals surface area contributed by atoms with Crippen LogP contribution in [0.15, 0.2) is 24.3 Å². The summed E-state index contributed by atoms with van der Waals surface area (Å²) in [4.78, 5) is 0. The Morgan fingerprint density at radius 3 is 2.31 bits per heavy atom. The Balaban J connectivity index is 0.00000144. The van der Waals surface area contributed by atoms with Gasteiger partial charge in [-0.1, -0.05) is 44.5 Å². The van der Waals surface area contributed by atoms with Gasteiger partial charge in [-0.25, -0.2) is 0 Å². The fourth-order valence-electron chi connectivity index (χ4n) is 1.26. The van der Waals surface area contributed by atoms with E-state index in [1.165, 1.54) is 5.56 Å². The molecule has 1 aromatic rings. The SMILES string of the molecule is CC(C)(C)Cc1cccc(Cl)c1.N. The topological polar surface area (TPSA) is 35.0 Å². The van der Waals surface area contributed by atoms with Gasteiger partial charge in [0.2, 0.25) is 0 Å². The molecule has 2 heteroatoms. The van der Waals surface area contributed by atoms with Crippen molar-refractivity contribution >= 4 is 11.6 Å². The van der Waals surface area contributed by atoms with Gasteiger partial charge in [-0.05, 0) is 29.5 Å². The van der Waals surface area contributed by atoms with Crippen LogP contribution >= 0.6 is 11.6 Å². The lowest BCUT2D eigenvalue weighted by Crippen LogP contribution is -2.08. The summed E-state index contributed by atoms with van der Waals surface area (Å²) in [6.07, 6.45) is 1.08. The van der Waals surface area contributed by atoms with E-state index in [1.54, 1.807) is 0 Å². The first-order valence-corrected chi connectivity index (χ1v) is 4.60. The van der Waals surface area contributed by atoms with Crippen molar-refractivity contribution < 1.29 is 0 Å². The molecule has 0 aliphatic carbocycles. The Bertz CT molecular complexity index is 263. The van der Waals surface area contributed by atoms with Crippen LogP contribution in [0.1, 0.15) is 26.3 Å². The van der Waals surface area contributed by atoms with E-state index in [9.17, 15) is 0 Å². The van der Waals surface area contributed by atoms with E-state index >= 15 is 0 Å². The maximum atomic E-state index is 5.87. The Morgan fingerprint density at radius 1 is 1.23 bits per heavy atom. The predicted molar refractivity (Wildman–Crippen MR) is 59.6 cm³/mol. The second-order valence-corrected chi connectivity index (χ2v) is 4.80. The van der Waals surface area contributed by atoms with Gasteiger partial charge in [-0.2, -0.15) is 0 Å². The normalized spacial score (nSPS) is 10.8. The molecule has 0 saturated heterocycles. The van der Waals surface area contributed by atoms with Gasteiger partial charge in [-0.3, -0.25) is 0 Å². The summed E-state index contributed by atoms with van der Waals surface area (Å²) in [5, 5.41) is 0.830. The van der Waals surface area contributed by atoms with Crippen LogP contribution in [0.2, 0.25) is 5.02 Å². The van der Waals surface area contributed by atoms with Crippen LogP contribution in [-0.2, 0) is 6.42 Å². The largest absolute Gasteiger partial charge is 0.344 e. The third kappa shape index (κ3) is 4.91. The van der Waals surface area contributed by atoms with Crippen molar-refractivity contribution in [1.29, 1.82) is 0 Å². The molecule has 0 aliphatic rings. The Morgan fingerprint density at radius 2 is 1.85 bits per heavy atom. The van der Waals surface area contributed by atoms with Crippen LogP contribution in [0.3, 0.4) is 0 Å². The van der Waals surface area contributed by atoms with Gasteiger partial charge in [0.15, 0.2) is 0 Å². The summed E-state index contributed by atoms with van der Waals surface area (Å²) < 4.78 is 0. The average molecular weight is 200 g/mol. The van der Waals surface area contributed by atoms with E-state index in [4.69, 9.17) is 11.6 Å². The van der Waals surface area contributed by atoms with Gasteiger partial charge >= 0.3 is 0 Å². The van der Waals surface area contributed by atoms with Gasteiger partial charge in [0.05, 0.1) is 0 Å². The van der Waals surface area contributed by atoms with Crippen LogP contribution < -0.4 is 6.15 Å². The van der Waals surface area contributed by atoms with Crippen molar-refractivity contribution in [1.82, 2.24) is 6.15 Å². The molecule has 0 bridgehead atoms. The Labute approximate surface area is 85.7 Å². The first-order valence-electron chi connectivity index (χ1n) is 4.22. The van der Waals surface area contributed by atoms with E-state index in [1.807, 2.05) is 18.2 Å². The Hall–Kier alpha value is -0.530. The number of halogens is 1. The van der Waals surface area contributed by atoms with E-state index in [-0.39, 0.29) is 6.15 Å². The zero-order valence-electron chi connectivity index (χ0n) is 8.60. The zero-order chi connectivity index (χ0) is 9.19. The first kappa shape index (κ1) is 12.5. The fourth-order valence-corrected chi connectivity index (χ4v) is 1.47. The summed E-state index contributed by atoms with van der Waals surface area (Å²) in [6.45, 7) is 6.69. The van der Waals surface area contributed by atoms with Crippen molar-refractivity contribution in [3.63, 3.8) is 0 Å². The van der Waals surface area contributed by atoms with E-state index in [0.29, 0.717) is 5.41 Å². The van der Waals surface area contributed by atoms with Gasteiger partial charge < -0.3 is 6.15 Å². The Kier molecular flexibility index (Phi) is 4.45. The van der Waals surface area contributed by atoms with Crippen molar-refractivity contribution in [3.05, 3.63) is 34.9 Å². The van der Waals surface area contributed by atoms with E-state index < -0.39 is 0 Å². The number of hydrogen-bond acceptors (Lipinski definition) is 1. The van der Waals surface area contributed by atoms with Crippen LogP contribution in [0.4, 0.5) is 0 Å². The second-order valence-electron chi connectivity index (χ2n) is 4.37. The van der Waals surface area contributed by atoms with Crippen LogP contribution in [0, 0.1) is 5.41 Å². The molecule has 0 spiro atoms. The minimum atomic E-state index is 0. The standard InChI is InChI=1S/C11H15Cl.H3N/c1-11(2,3)8-9-5-4-6-10(12)7-9;/h4-7H,8H2,1-3H3;1H3. The van der Waals surface area contributed by atoms with Crippen molar-refractivity contribution in [2.45, 2.75) is 27.2 Å². The first-order chi connectivity index (χ1) is 5.47. The smallest absolute Gasteiger partial charge is 0.0408 e. The fraction of sp³-hybridized carbons (Fsp3) is 0.455. The van der Waals surface area contributed by atoms with Gasteiger partial charge in [0.25, 0.3) is 0 Å². The van der Waals surface area contributed by atoms with Crippen LogP contribution in [0.25, 0.3) is 0 Å².